The third-order valence-corrected chi connectivity index (χ3v) is 10.6. The minimum atomic E-state index is -0.108. The predicted octanol–water partition coefficient (Wildman–Crippen LogP) is 4.94. The number of thiazole rings is 1. The van der Waals surface area contributed by atoms with Gasteiger partial charge in [0.25, 0.3) is 0 Å². The molecule has 3 aromatic heterocycles. The number of hydrogen-bond acceptors (Lipinski definition) is 7. The zero-order chi connectivity index (χ0) is 27.9. The van der Waals surface area contributed by atoms with Gasteiger partial charge in [-0.2, -0.15) is 5.10 Å². The number of aromatic nitrogens is 4. The van der Waals surface area contributed by atoms with Crippen molar-refractivity contribution in [2.45, 2.75) is 83.2 Å². The van der Waals surface area contributed by atoms with Crippen LogP contribution in [-0.4, -0.2) is 73.6 Å². The Bertz CT molecular complexity index is 1410. The van der Waals surface area contributed by atoms with Crippen LogP contribution in [0.25, 0.3) is 21.8 Å². The van der Waals surface area contributed by atoms with Gasteiger partial charge in [0.2, 0.25) is 11.8 Å². The number of fused-ring (bicyclic) bond motifs is 3. The first-order valence-corrected chi connectivity index (χ1v) is 16.2. The van der Waals surface area contributed by atoms with Crippen LogP contribution >= 0.6 is 11.3 Å². The second-order valence-electron chi connectivity index (χ2n) is 12.1. The molecule has 4 aliphatic rings. The summed E-state index contributed by atoms with van der Waals surface area (Å²) in [7, 11) is 0. The number of anilines is 1. The number of pyridine rings is 1. The average molecular weight is 574 g/mol. The quantitative estimate of drug-likeness (QED) is 0.464. The van der Waals surface area contributed by atoms with Crippen molar-refractivity contribution in [2.75, 3.05) is 31.5 Å². The normalized spacial score (nSPS) is 23.3. The lowest BCUT2D eigenvalue weighted by Crippen LogP contribution is -2.52. The highest BCUT2D eigenvalue weighted by Crippen LogP contribution is 2.46. The van der Waals surface area contributed by atoms with E-state index in [9.17, 15) is 9.59 Å². The lowest BCUT2D eigenvalue weighted by atomic mass is 9.84. The molecule has 0 spiro atoms. The zero-order valence-electron chi connectivity index (χ0n) is 23.8. The number of carbonyl (C=O) groups excluding carboxylic acids is 2. The third kappa shape index (κ3) is 5.20. The maximum Gasteiger partial charge on any atom is 0.225 e. The lowest BCUT2D eigenvalue weighted by Gasteiger charge is -2.40. The molecule has 3 fully saturated rings. The summed E-state index contributed by atoms with van der Waals surface area (Å²) in [6.07, 6.45) is 14.4. The number of rotatable bonds is 5. The molecule has 216 valence electrons. The van der Waals surface area contributed by atoms with E-state index in [0.717, 1.165) is 98.3 Å². The minimum Gasteiger partial charge on any atom is -0.340 e. The predicted molar refractivity (Wildman–Crippen MR) is 160 cm³/mol. The van der Waals surface area contributed by atoms with Gasteiger partial charge < -0.3 is 10.2 Å². The van der Waals surface area contributed by atoms with E-state index >= 15 is 0 Å². The summed E-state index contributed by atoms with van der Waals surface area (Å²) in [4.78, 5) is 40.3. The molecule has 1 aliphatic heterocycles. The standard InChI is InChI=1S/C31H39N7O2S/c1-20(39)33-31-34-26-13-12-25-27(22-5-4-14-32-19-22)35-38(28(25)29(26)41-31)24-10-8-21(9-11-24)30(40)37-17-15-36(16-18-37)23-6-2-3-7-23/h4-5,14,19,21,23-24H,2-3,6-13,15-18H2,1H3,(H,33,34,39)/t21-,24-. The largest absolute Gasteiger partial charge is 0.340 e. The van der Waals surface area contributed by atoms with Crippen LogP contribution in [0.15, 0.2) is 24.5 Å². The summed E-state index contributed by atoms with van der Waals surface area (Å²) in [5.41, 5.74) is 5.43. The molecule has 4 heterocycles. The highest BCUT2D eigenvalue weighted by molar-refractivity contribution is 7.19. The molecule has 1 saturated heterocycles. The number of amides is 2. The summed E-state index contributed by atoms with van der Waals surface area (Å²) in [6, 6.07) is 5.01. The highest BCUT2D eigenvalue weighted by Gasteiger charge is 2.36. The van der Waals surface area contributed by atoms with Crippen LogP contribution in [0.4, 0.5) is 5.13 Å². The van der Waals surface area contributed by atoms with E-state index in [1.807, 2.05) is 12.3 Å². The molecule has 1 N–H and O–H groups in total. The van der Waals surface area contributed by atoms with Crippen LogP contribution in [0.1, 0.15) is 75.6 Å². The van der Waals surface area contributed by atoms with Crippen molar-refractivity contribution < 1.29 is 9.59 Å². The van der Waals surface area contributed by atoms with E-state index in [2.05, 4.69) is 30.8 Å². The maximum absolute atomic E-state index is 13.5. The molecule has 0 bridgehead atoms. The summed E-state index contributed by atoms with van der Waals surface area (Å²) < 4.78 is 2.23. The minimum absolute atomic E-state index is 0.108. The Hall–Kier alpha value is -3.11. The average Bonchev–Trinajstić information content (AvgIpc) is 3.76. The van der Waals surface area contributed by atoms with E-state index in [1.54, 1.807) is 17.5 Å². The van der Waals surface area contributed by atoms with Crippen LogP contribution < -0.4 is 5.32 Å². The molecule has 0 atom stereocenters. The maximum atomic E-state index is 13.5. The van der Waals surface area contributed by atoms with Crippen LogP contribution in [0.3, 0.4) is 0 Å². The fraction of sp³-hybridized carbons (Fsp3) is 0.581. The van der Waals surface area contributed by atoms with Crippen LogP contribution in [0, 0.1) is 5.92 Å². The second-order valence-corrected chi connectivity index (χ2v) is 13.1. The van der Waals surface area contributed by atoms with E-state index < -0.39 is 0 Å². The number of piperazine rings is 1. The molecule has 0 radical (unpaired) electrons. The second kappa shape index (κ2) is 11.3. The summed E-state index contributed by atoms with van der Waals surface area (Å²) in [6.45, 7) is 5.33. The van der Waals surface area contributed by atoms with Crippen molar-refractivity contribution in [1.82, 2.24) is 29.5 Å². The van der Waals surface area contributed by atoms with Gasteiger partial charge in [0, 0.05) is 68.6 Å². The van der Waals surface area contributed by atoms with Crippen LogP contribution in [-0.2, 0) is 22.4 Å². The van der Waals surface area contributed by atoms with Gasteiger partial charge in [-0.05, 0) is 63.5 Å². The molecule has 2 saturated carbocycles. The summed E-state index contributed by atoms with van der Waals surface area (Å²) in [5.74, 6) is 0.361. The Kier molecular flexibility index (Phi) is 7.37. The molecular weight excluding hydrogens is 534 g/mol. The SMILES string of the molecule is CC(=O)Nc1nc2c(s1)-c1c(c(-c3cccnc3)nn1[C@H]1CC[C@H](C(=O)N3CCN(C4CCCC4)CC3)CC1)CC2. The first-order chi connectivity index (χ1) is 20.0. The summed E-state index contributed by atoms with van der Waals surface area (Å²) >= 11 is 1.54. The van der Waals surface area contributed by atoms with Crippen molar-refractivity contribution in [3.05, 3.63) is 35.8 Å². The smallest absolute Gasteiger partial charge is 0.225 e. The number of carbonyl (C=O) groups is 2. The molecule has 7 rings (SSSR count). The molecule has 0 unspecified atom stereocenters. The summed E-state index contributed by atoms with van der Waals surface area (Å²) in [5, 5.41) is 8.76. The van der Waals surface area contributed by atoms with Crippen molar-refractivity contribution >= 4 is 28.3 Å². The van der Waals surface area contributed by atoms with Gasteiger partial charge in [-0.25, -0.2) is 4.98 Å². The molecule has 10 heteroatoms. The van der Waals surface area contributed by atoms with E-state index in [-0.39, 0.29) is 17.9 Å². The molecule has 2 amide bonds. The van der Waals surface area contributed by atoms with Crippen molar-refractivity contribution in [3.8, 4) is 21.8 Å². The first-order valence-electron chi connectivity index (χ1n) is 15.4. The molecule has 9 nitrogen and oxygen atoms in total. The first kappa shape index (κ1) is 26.8. The molecule has 3 aliphatic carbocycles. The lowest BCUT2D eigenvalue weighted by molar-refractivity contribution is -0.139. The van der Waals surface area contributed by atoms with Crippen LogP contribution in [0.2, 0.25) is 0 Å². The monoisotopic (exact) mass is 573 g/mol. The Morgan fingerprint density at radius 2 is 1.76 bits per heavy atom. The van der Waals surface area contributed by atoms with Crippen molar-refractivity contribution in [3.63, 3.8) is 0 Å². The van der Waals surface area contributed by atoms with E-state index in [1.165, 1.54) is 38.2 Å². The van der Waals surface area contributed by atoms with Crippen molar-refractivity contribution in [2.24, 2.45) is 5.92 Å². The molecule has 41 heavy (non-hydrogen) atoms. The number of nitrogens with zero attached hydrogens (tertiary/aromatic N) is 6. The fourth-order valence-corrected chi connectivity index (χ4v) is 8.62. The van der Waals surface area contributed by atoms with Gasteiger partial charge >= 0.3 is 0 Å². The molecular formula is C31H39N7O2S. The molecule has 3 aromatic rings. The Labute approximate surface area is 245 Å². The van der Waals surface area contributed by atoms with Gasteiger partial charge in [-0.15, -0.1) is 0 Å². The van der Waals surface area contributed by atoms with Gasteiger partial charge in [-0.1, -0.05) is 24.2 Å². The van der Waals surface area contributed by atoms with E-state index in [4.69, 9.17) is 10.1 Å². The van der Waals surface area contributed by atoms with Gasteiger partial charge in [0.1, 0.15) is 0 Å². The highest BCUT2D eigenvalue weighted by atomic mass is 32.1. The Morgan fingerprint density at radius 3 is 2.46 bits per heavy atom. The number of aryl methyl sites for hydroxylation is 1. The van der Waals surface area contributed by atoms with Gasteiger partial charge in [0.05, 0.1) is 28.0 Å². The number of nitrogens with one attached hydrogen (secondary N) is 1. The zero-order valence-corrected chi connectivity index (χ0v) is 24.7. The Balaban J connectivity index is 1.09. The fourth-order valence-electron chi connectivity index (χ4n) is 7.50. The van der Waals surface area contributed by atoms with Crippen molar-refractivity contribution in [1.29, 1.82) is 0 Å². The Morgan fingerprint density at radius 1 is 0.976 bits per heavy atom. The van der Waals surface area contributed by atoms with Crippen LogP contribution in [0.5, 0.6) is 0 Å². The van der Waals surface area contributed by atoms with Gasteiger partial charge in [0.15, 0.2) is 5.13 Å². The third-order valence-electron chi connectivity index (χ3n) is 9.61. The number of hydrogen-bond donors (Lipinski definition) is 1. The molecule has 0 aromatic carbocycles. The topological polar surface area (TPSA) is 96.2 Å². The van der Waals surface area contributed by atoms with E-state index in [0.29, 0.717) is 11.0 Å². The van der Waals surface area contributed by atoms with Gasteiger partial charge in [-0.3, -0.25) is 24.2 Å².